The maximum absolute atomic E-state index is 16.2. The standard InChI is InChI=1S/C27H34F2N8O/c1-15-7-20(30)33-22(16(15)2)24-21(29)23-19(11-32-24)25(36(3)12-17-9-31-10-17)35-26(34-23)38-14-27-5-4-6-37(27)13-18(28)8-27/h7,11,17-18,31H,4-6,8-10,12-14H2,1-3H3,(H2,30,33)/t18-,27+/m1/s1. The summed E-state index contributed by atoms with van der Waals surface area (Å²) in [4.78, 5) is 22.3. The number of nitrogens with zero attached hydrogens (tertiary/aromatic N) is 6. The molecule has 202 valence electrons. The molecular formula is C27H34F2N8O. The van der Waals surface area contributed by atoms with Crippen molar-refractivity contribution < 1.29 is 13.5 Å². The largest absolute Gasteiger partial charge is 0.461 e. The number of fused-ring (bicyclic) bond motifs is 2. The molecule has 3 N–H and O–H groups in total. The SMILES string of the molecule is Cc1cc(N)nc(-c2ncc3c(N(C)CC4CNC4)nc(OC[C@@]45CCCN4C[C@H](F)C5)nc3c2F)c1C. The molecule has 3 aromatic heterocycles. The summed E-state index contributed by atoms with van der Waals surface area (Å²) >= 11 is 0. The molecule has 0 amide bonds. The number of rotatable bonds is 7. The van der Waals surface area contributed by atoms with Crippen molar-refractivity contribution in [3.63, 3.8) is 0 Å². The molecule has 3 aromatic rings. The van der Waals surface area contributed by atoms with Crippen LogP contribution >= 0.6 is 0 Å². The number of nitrogens with two attached hydrogens (primary N) is 1. The Morgan fingerprint density at radius 3 is 2.82 bits per heavy atom. The van der Waals surface area contributed by atoms with Gasteiger partial charge in [-0.3, -0.25) is 9.88 Å². The van der Waals surface area contributed by atoms with Crippen molar-refractivity contribution >= 4 is 22.5 Å². The fourth-order valence-corrected chi connectivity index (χ4v) is 6.13. The molecule has 0 radical (unpaired) electrons. The second-order valence-electron chi connectivity index (χ2n) is 11.1. The van der Waals surface area contributed by atoms with E-state index in [1.165, 1.54) is 0 Å². The van der Waals surface area contributed by atoms with Crippen LogP contribution in [0.2, 0.25) is 0 Å². The Morgan fingerprint density at radius 1 is 1.24 bits per heavy atom. The molecule has 38 heavy (non-hydrogen) atoms. The van der Waals surface area contributed by atoms with Gasteiger partial charge in [0, 0.05) is 51.8 Å². The van der Waals surface area contributed by atoms with Gasteiger partial charge in [-0.15, -0.1) is 0 Å². The zero-order valence-electron chi connectivity index (χ0n) is 22.1. The van der Waals surface area contributed by atoms with Gasteiger partial charge >= 0.3 is 6.01 Å². The third kappa shape index (κ3) is 4.31. The van der Waals surface area contributed by atoms with Gasteiger partial charge in [-0.2, -0.15) is 9.97 Å². The van der Waals surface area contributed by atoms with E-state index in [-0.39, 0.29) is 29.4 Å². The van der Waals surface area contributed by atoms with E-state index in [2.05, 4.69) is 25.2 Å². The Morgan fingerprint density at radius 2 is 2.05 bits per heavy atom. The minimum absolute atomic E-state index is 0.0825. The van der Waals surface area contributed by atoms with Crippen molar-refractivity contribution in [1.82, 2.24) is 30.2 Å². The molecule has 6 heterocycles. The van der Waals surface area contributed by atoms with E-state index in [4.69, 9.17) is 15.5 Å². The van der Waals surface area contributed by atoms with Crippen molar-refractivity contribution in [2.45, 2.75) is 44.8 Å². The normalized spacial score (nSPS) is 23.6. The van der Waals surface area contributed by atoms with Crippen LogP contribution in [0.25, 0.3) is 22.3 Å². The van der Waals surface area contributed by atoms with Crippen LogP contribution in [0, 0.1) is 25.6 Å². The predicted octanol–water partition coefficient (Wildman–Crippen LogP) is 3.04. The lowest BCUT2D eigenvalue weighted by Crippen LogP contribution is -2.47. The molecule has 0 bridgehead atoms. The van der Waals surface area contributed by atoms with Gasteiger partial charge in [0.05, 0.1) is 16.6 Å². The van der Waals surface area contributed by atoms with Crippen LogP contribution in [0.4, 0.5) is 20.4 Å². The molecular weight excluding hydrogens is 490 g/mol. The highest BCUT2D eigenvalue weighted by atomic mass is 19.1. The predicted molar refractivity (Wildman–Crippen MR) is 143 cm³/mol. The number of nitrogens with one attached hydrogen (secondary N) is 1. The molecule has 11 heteroatoms. The van der Waals surface area contributed by atoms with Crippen LogP contribution in [-0.2, 0) is 0 Å². The zero-order valence-corrected chi connectivity index (χ0v) is 22.1. The number of aromatic nitrogens is 4. The summed E-state index contributed by atoms with van der Waals surface area (Å²) in [5, 5.41) is 3.78. The monoisotopic (exact) mass is 524 g/mol. The fraction of sp³-hybridized carbons (Fsp3) is 0.556. The third-order valence-electron chi connectivity index (χ3n) is 8.41. The lowest BCUT2D eigenvalue weighted by molar-refractivity contribution is 0.107. The van der Waals surface area contributed by atoms with Gasteiger partial charge in [0.2, 0.25) is 0 Å². The molecule has 0 spiro atoms. The fourth-order valence-electron chi connectivity index (χ4n) is 6.13. The lowest BCUT2D eigenvalue weighted by Gasteiger charge is -2.32. The first-order chi connectivity index (χ1) is 18.2. The summed E-state index contributed by atoms with van der Waals surface area (Å²) in [5.74, 6) is 0.729. The quantitative estimate of drug-likeness (QED) is 0.483. The molecule has 0 saturated carbocycles. The third-order valence-corrected chi connectivity index (χ3v) is 8.41. The molecule has 0 unspecified atom stereocenters. The minimum Gasteiger partial charge on any atom is -0.461 e. The summed E-state index contributed by atoms with van der Waals surface area (Å²) in [6.45, 7) is 7.94. The maximum Gasteiger partial charge on any atom is 0.319 e. The number of ether oxygens (including phenoxy) is 1. The van der Waals surface area contributed by atoms with E-state index < -0.39 is 12.0 Å². The van der Waals surface area contributed by atoms with Crippen molar-refractivity contribution in [2.24, 2.45) is 5.92 Å². The smallest absolute Gasteiger partial charge is 0.319 e. The number of alkyl halides is 1. The highest BCUT2D eigenvalue weighted by Crippen LogP contribution is 2.40. The topological polar surface area (TPSA) is 105 Å². The van der Waals surface area contributed by atoms with Crippen molar-refractivity contribution in [1.29, 1.82) is 0 Å². The molecule has 0 aliphatic carbocycles. The van der Waals surface area contributed by atoms with Crippen LogP contribution in [-0.4, -0.2) is 82.9 Å². The number of anilines is 2. The lowest BCUT2D eigenvalue weighted by atomic mass is 9.95. The van der Waals surface area contributed by atoms with Crippen LogP contribution in [0.15, 0.2) is 12.3 Å². The number of nitrogen functional groups attached to an aromatic ring is 1. The molecule has 3 saturated heterocycles. The molecule has 9 nitrogen and oxygen atoms in total. The van der Waals surface area contributed by atoms with Crippen molar-refractivity contribution in [3.8, 4) is 17.4 Å². The Labute approximate surface area is 220 Å². The summed E-state index contributed by atoms with van der Waals surface area (Å²) < 4.78 is 36.6. The Kier molecular flexibility index (Phi) is 6.30. The van der Waals surface area contributed by atoms with E-state index in [1.54, 1.807) is 12.3 Å². The average molecular weight is 525 g/mol. The Balaban J connectivity index is 1.42. The second kappa shape index (κ2) is 9.53. The molecule has 0 aromatic carbocycles. The van der Waals surface area contributed by atoms with Crippen LogP contribution < -0.4 is 20.7 Å². The van der Waals surface area contributed by atoms with Gasteiger partial charge in [0.15, 0.2) is 5.82 Å². The molecule has 3 aliphatic rings. The van der Waals surface area contributed by atoms with Crippen LogP contribution in [0.5, 0.6) is 6.01 Å². The second-order valence-corrected chi connectivity index (χ2v) is 11.1. The number of halogens is 2. The van der Waals surface area contributed by atoms with Gasteiger partial charge in [-0.1, -0.05) is 0 Å². The molecule has 3 fully saturated rings. The number of pyridine rings is 2. The van der Waals surface area contributed by atoms with E-state index >= 15 is 4.39 Å². The van der Waals surface area contributed by atoms with E-state index in [0.717, 1.165) is 50.1 Å². The highest BCUT2D eigenvalue weighted by Gasteiger charge is 2.49. The van der Waals surface area contributed by atoms with Crippen LogP contribution in [0.3, 0.4) is 0 Å². The van der Waals surface area contributed by atoms with Gasteiger partial charge in [-0.05, 0) is 50.4 Å². The first-order valence-electron chi connectivity index (χ1n) is 13.3. The highest BCUT2D eigenvalue weighted by molar-refractivity contribution is 5.92. The Bertz CT molecular complexity index is 1380. The first-order valence-corrected chi connectivity index (χ1v) is 13.3. The number of hydrogen-bond donors (Lipinski definition) is 2. The summed E-state index contributed by atoms with van der Waals surface area (Å²) in [7, 11) is 1.94. The van der Waals surface area contributed by atoms with Gasteiger partial charge in [-0.25, -0.2) is 13.8 Å². The number of aryl methyl sites for hydroxylation is 1. The van der Waals surface area contributed by atoms with E-state index in [9.17, 15) is 4.39 Å². The summed E-state index contributed by atoms with van der Waals surface area (Å²) in [6.07, 6.45) is 3.05. The van der Waals surface area contributed by atoms with Gasteiger partial charge in [0.25, 0.3) is 0 Å². The maximum atomic E-state index is 16.2. The summed E-state index contributed by atoms with van der Waals surface area (Å²) in [6, 6.07) is 1.84. The minimum atomic E-state index is -0.863. The van der Waals surface area contributed by atoms with Gasteiger partial charge < -0.3 is 20.7 Å². The molecule has 6 rings (SSSR count). The van der Waals surface area contributed by atoms with E-state index in [1.807, 2.05) is 25.8 Å². The van der Waals surface area contributed by atoms with Crippen molar-refractivity contribution in [2.75, 3.05) is 57.0 Å². The van der Waals surface area contributed by atoms with Gasteiger partial charge in [0.1, 0.15) is 35.6 Å². The number of hydrogen-bond acceptors (Lipinski definition) is 9. The average Bonchev–Trinajstić information content (AvgIpc) is 3.38. The Hall–Kier alpha value is -3.18. The van der Waals surface area contributed by atoms with E-state index in [0.29, 0.717) is 41.6 Å². The van der Waals surface area contributed by atoms with Crippen molar-refractivity contribution in [3.05, 3.63) is 29.2 Å². The molecule has 2 atom stereocenters. The zero-order chi connectivity index (χ0) is 26.6. The first kappa shape index (κ1) is 25.1. The molecule has 3 aliphatic heterocycles. The summed E-state index contributed by atoms with van der Waals surface area (Å²) in [5.41, 5.74) is 7.92. The van der Waals surface area contributed by atoms with Crippen LogP contribution in [0.1, 0.15) is 30.4 Å².